The van der Waals surface area contributed by atoms with Crippen LogP contribution < -0.4 is 0 Å². The molecule has 22 heavy (non-hydrogen) atoms. The van der Waals surface area contributed by atoms with Crippen LogP contribution in [-0.2, 0) is 14.5 Å². The van der Waals surface area contributed by atoms with Gasteiger partial charge in [-0.1, -0.05) is 52.9 Å². The maximum absolute atomic E-state index is 9.92. The Morgan fingerprint density at radius 3 is 1.95 bits per heavy atom. The summed E-state index contributed by atoms with van der Waals surface area (Å²) in [5, 5.41) is 9.92. The molecule has 1 saturated heterocycles. The molecule has 1 aliphatic rings. The number of hydrogen-bond donors (Lipinski definition) is 1. The Morgan fingerprint density at radius 2 is 1.50 bits per heavy atom. The second-order valence-corrected chi connectivity index (χ2v) is 6.76. The van der Waals surface area contributed by atoms with Crippen molar-refractivity contribution in [1.82, 2.24) is 0 Å². The van der Waals surface area contributed by atoms with Crippen molar-refractivity contribution in [1.29, 1.82) is 0 Å². The number of aliphatic hydroxyl groups excluding tert-OH is 1. The fourth-order valence-corrected chi connectivity index (χ4v) is 3.45. The summed E-state index contributed by atoms with van der Waals surface area (Å²) < 4.78 is 5.68. The lowest BCUT2D eigenvalue weighted by Gasteiger charge is -2.49. The fraction of sp³-hybridized carbons (Fsp3) is 1.00. The minimum Gasteiger partial charge on any atom is -0.396 e. The maximum atomic E-state index is 9.92. The molecule has 0 aromatic carbocycles. The van der Waals surface area contributed by atoms with Gasteiger partial charge in [-0.05, 0) is 25.7 Å². The second-order valence-electron chi connectivity index (χ2n) is 6.76. The minimum absolute atomic E-state index is 0.0217. The summed E-state index contributed by atoms with van der Waals surface area (Å²) in [6, 6.07) is 0. The minimum atomic E-state index is -0.785. The molecule has 1 fully saturated rings. The van der Waals surface area contributed by atoms with Gasteiger partial charge in [0.2, 0.25) is 5.79 Å². The normalized spacial score (nSPS) is 28.0. The van der Waals surface area contributed by atoms with Gasteiger partial charge >= 0.3 is 0 Å². The number of ether oxygens (including phenoxy) is 1. The van der Waals surface area contributed by atoms with Crippen LogP contribution in [-0.4, -0.2) is 30.2 Å². The molecule has 1 N–H and O–H groups in total. The summed E-state index contributed by atoms with van der Waals surface area (Å²) in [5.41, 5.74) is -0.256. The van der Waals surface area contributed by atoms with Gasteiger partial charge in [-0.3, -0.25) is 0 Å². The van der Waals surface area contributed by atoms with Crippen LogP contribution in [0.3, 0.4) is 0 Å². The summed E-state index contributed by atoms with van der Waals surface area (Å²) in [5.74, 6) is -0.807. The third-order valence-corrected chi connectivity index (χ3v) is 5.02. The molecule has 4 heteroatoms. The number of unbranched alkanes of at least 4 members (excludes halogenated alkanes) is 3. The van der Waals surface area contributed by atoms with Gasteiger partial charge in [-0.15, -0.1) is 0 Å². The molecule has 1 rings (SSSR count). The van der Waals surface area contributed by atoms with Gasteiger partial charge in [-0.2, -0.15) is 0 Å². The predicted octanol–water partition coefficient (Wildman–Crippen LogP) is 4.60. The topological polar surface area (TPSA) is 47.9 Å². The fourth-order valence-electron chi connectivity index (χ4n) is 3.45. The van der Waals surface area contributed by atoms with Crippen LogP contribution in [0.25, 0.3) is 0 Å². The molecule has 0 aromatic heterocycles. The van der Waals surface area contributed by atoms with Crippen molar-refractivity contribution in [2.24, 2.45) is 5.92 Å². The summed E-state index contributed by atoms with van der Waals surface area (Å²) in [6.07, 6.45) is 10.2. The van der Waals surface area contributed by atoms with Crippen LogP contribution in [0.1, 0.15) is 85.0 Å². The van der Waals surface area contributed by atoms with E-state index in [1.165, 1.54) is 0 Å². The standard InChI is InChI=1S/C18H36O4/c1-5-8-11-17(12-9-6-2)14-16(15-19)18(20-4,22-21-17)13-10-7-3/h16,19H,5-15H2,1-4H3/t16-,18-/m1/s1. The summed E-state index contributed by atoms with van der Waals surface area (Å²) in [7, 11) is 1.66. The van der Waals surface area contributed by atoms with E-state index in [0.717, 1.165) is 64.2 Å². The maximum Gasteiger partial charge on any atom is 0.206 e. The lowest BCUT2D eigenvalue weighted by molar-refractivity contribution is -0.508. The van der Waals surface area contributed by atoms with Crippen molar-refractivity contribution in [3.05, 3.63) is 0 Å². The summed E-state index contributed by atoms with van der Waals surface area (Å²) in [4.78, 5) is 11.8. The van der Waals surface area contributed by atoms with Gasteiger partial charge in [0.15, 0.2) is 0 Å². The molecule has 0 spiro atoms. The molecule has 1 heterocycles. The second kappa shape index (κ2) is 9.86. The lowest BCUT2D eigenvalue weighted by Crippen LogP contribution is -2.55. The molecule has 4 nitrogen and oxygen atoms in total. The van der Waals surface area contributed by atoms with Gasteiger partial charge in [0.05, 0.1) is 6.61 Å². The first-order chi connectivity index (χ1) is 10.6. The molecule has 0 aliphatic carbocycles. The first-order valence-corrected chi connectivity index (χ1v) is 9.14. The van der Waals surface area contributed by atoms with E-state index in [4.69, 9.17) is 14.5 Å². The van der Waals surface area contributed by atoms with Gasteiger partial charge in [0, 0.05) is 19.4 Å². The monoisotopic (exact) mass is 316 g/mol. The van der Waals surface area contributed by atoms with E-state index in [9.17, 15) is 5.11 Å². The molecular weight excluding hydrogens is 280 g/mol. The highest BCUT2D eigenvalue weighted by Gasteiger charge is 2.51. The largest absolute Gasteiger partial charge is 0.396 e. The smallest absolute Gasteiger partial charge is 0.206 e. The van der Waals surface area contributed by atoms with Crippen molar-refractivity contribution in [3.8, 4) is 0 Å². The van der Waals surface area contributed by atoms with E-state index >= 15 is 0 Å². The zero-order valence-corrected chi connectivity index (χ0v) is 15.0. The van der Waals surface area contributed by atoms with Crippen LogP contribution in [0, 0.1) is 5.92 Å². The molecule has 132 valence electrons. The highest BCUT2D eigenvalue weighted by Crippen LogP contribution is 2.45. The molecule has 0 aromatic rings. The van der Waals surface area contributed by atoms with Crippen molar-refractivity contribution >= 4 is 0 Å². The van der Waals surface area contributed by atoms with Crippen molar-refractivity contribution in [2.45, 2.75) is 96.4 Å². The summed E-state index contributed by atoms with van der Waals surface area (Å²) in [6.45, 7) is 6.62. The third-order valence-electron chi connectivity index (χ3n) is 5.02. The molecule has 0 bridgehead atoms. The zero-order chi connectivity index (χ0) is 16.5. The van der Waals surface area contributed by atoms with Gasteiger partial charge in [0.25, 0.3) is 0 Å². The first-order valence-electron chi connectivity index (χ1n) is 9.14. The molecule has 1 aliphatic heterocycles. The van der Waals surface area contributed by atoms with E-state index in [1.807, 2.05) is 0 Å². The van der Waals surface area contributed by atoms with E-state index < -0.39 is 5.79 Å². The molecule has 0 amide bonds. The van der Waals surface area contributed by atoms with Crippen molar-refractivity contribution in [3.63, 3.8) is 0 Å². The summed E-state index contributed by atoms with van der Waals surface area (Å²) >= 11 is 0. The average molecular weight is 316 g/mol. The van der Waals surface area contributed by atoms with Gasteiger partial charge in [0.1, 0.15) is 5.60 Å². The van der Waals surface area contributed by atoms with E-state index in [1.54, 1.807) is 7.11 Å². The molecule has 0 unspecified atom stereocenters. The quantitative estimate of drug-likeness (QED) is 0.566. The Balaban J connectivity index is 2.85. The number of rotatable bonds is 11. The molecule has 0 saturated carbocycles. The van der Waals surface area contributed by atoms with E-state index in [-0.39, 0.29) is 18.1 Å². The lowest BCUT2D eigenvalue weighted by atomic mass is 9.77. The van der Waals surface area contributed by atoms with Crippen molar-refractivity contribution in [2.75, 3.05) is 13.7 Å². The van der Waals surface area contributed by atoms with Gasteiger partial charge in [-0.25, -0.2) is 9.78 Å². The molecular formula is C18H36O4. The van der Waals surface area contributed by atoms with Crippen molar-refractivity contribution < 1.29 is 19.6 Å². The number of hydrogen-bond acceptors (Lipinski definition) is 4. The van der Waals surface area contributed by atoms with Crippen LogP contribution in [0.2, 0.25) is 0 Å². The van der Waals surface area contributed by atoms with Crippen LogP contribution in [0.4, 0.5) is 0 Å². The Kier molecular flexibility index (Phi) is 8.91. The average Bonchev–Trinajstić information content (AvgIpc) is 2.57. The number of methoxy groups -OCH3 is 1. The molecule has 2 atom stereocenters. The zero-order valence-electron chi connectivity index (χ0n) is 15.0. The first kappa shape index (κ1) is 19.9. The highest BCUT2D eigenvalue weighted by molar-refractivity contribution is 4.91. The highest BCUT2D eigenvalue weighted by atomic mass is 17.2. The Hall–Kier alpha value is -0.160. The van der Waals surface area contributed by atoms with Crippen LogP contribution in [0.5, 0.6) is 0 Å². The predicted molar refractivity (Wildman–Crippen MR) is 88.4 cm³/mol. The van der Waals surface area contributed by atoms with Crippen LogP contribution in [0.15, 0.2) is 0 Å². The Morgan fingerprint density at radius 1 is 0.955 bits per heavy atom. The number of aliphatic hydroxyl groups is 1. The van der Waals surface area contributed by atoms with Crippen LogP contribution >= 0.6 is 0 Å². The van der Waals surface area contributed by atoms with E-state index in [0.29, 0.717) is 0 Å². The Bertz CT molecular complexity index is 287. The molecule has 0 radical (unpaired) electrons. The third kappa shape index (κ3) is 4.92. The SMILES string of the molecule is CCCCC1(CCCC)C[C@H](CO)[C@](CCCC)(OC)OO1. The Labute approximate surface area is 136 Å². The van der Waals surface area contributed by atoms with Gasteiger partial charge < -0.3 is 9.84 Å². The van der Waals surface area contributed by atoms with E-state index in [2.05, 4.69) is 20.8 Å².